The van der Waals surface area contributed by atoms with Crippen LogP contribution in [0.5, 0.6) is 0 Å². The Kier molecular flexibility index (Phi) is 6.85. The fraction of sp³-hybridized carbons (Fsp3) is 0.200. The number of anilines is 1. The van der Waals surface area contributed by atoms with Gasteiger partial charge in [-0.2, -0.15) is 4.98 Å². The third kappa shape index (κ3) is 5.56. The minimum Gasteiger partial charge on any atom is -0.453 e. The Morgan fingerprint density at radius 2 is 1.90 bits per heavy atom. The molecule has 0 aliphatic carbocycles. The Balaban J connectivity index is 1.49. The summed E-state index contributed by atoms with van der Waals surface area (Å²) < 4.78 is 10.3. The molecule has 0 fully saturated rings. The maximum atomic E-state index is 12.2. The van der Waals surface area contributed by atoms with Gasteiger partial charge in [0.2, 0.25) is 11.7 Å². The predicted octanol–water partition coefficient (Wildman–Crippen LogP) is 4.55. The predicted molar refractivity (Wildman–Crippen MR) is 109 cm³/mol. The summed E-state index contributed by atoms with van der Waals surface area (Å²) in [7, 11) is 0. The highest BCUT2D eigenvalue weighted by atomic mass is 35.5. The van der Waals surface area contributed by atoms with Gasteiger partial charge in [0.15, 0.2) is 6.10 Å². The van der Waals surface area contributed by atoms with Crippen molar-refractivity contribution in [3.8, 4) is 11.4 Å². The first-order chi connectivity index (χ1) is 13.9. The molecule has 29 heavy (non-hydrogen) atoms. The van der Waals surface area contributed by atoms with Gasteiger partial charge in [-0.15, -0.1) is 0 Å². The van der Waals surface area contributed by atoms with Crippen LogP contribution in [0.4, 0.5) is 5.69 Å². The van der Waals surface area contributed by atoms with Crippen molar-refractivity contribution in [3.05, 3.63) is 64.5 Å². The molecule has 1 N–H and O–H groups in total. The number of nitrogens with zero attached hydrogens (tertiary/aromatic N) is 2. The van der Waals surface area contributed by atoms with E-state index in [0.717, 1.165) is 5.56 Å². The average molecular weight is 434 g/mol. The van der Waals surface area contributed by atoms with Gasteiger partial charge in [-0.25, -0.2) is 0 Å². The number of carbonyl (C=O) groups is 2. The molecule has 9 heteroatoms. The van der Waals surface area contributed by atoms with Crippen LogP contribution < -0.4 is 5.32 Å². The number of benzene rings is 2. The third-order valence-electron chi connectivity index (χ3n) is 3.93. The van der Waals surface area contributed by atoms with Gasteiger partial charge in [-0.1, -0.05) is 64.8 Å². The van der Waals surface area contributed by atoms with Crippen LogP contribution in [0, 0.1) is 0 Å². The molecule has 1 aromatic heterocycles. The van der Waals surface area contributed by atoms with Crippen LogP contribution in [0.3, 0.4) is 0 Å². The number of hydrogen-bond acceptors (Lipinski definition) is 6. The SMILES string of the molecule is CC(OC(=O)CCc1nc(-c2ccccc2)no1)C(=O)Nc1cccc(Cl)c1Cl. The first-order valence-corrected chi connectivity index (χ1v) is 9.52. The summed E-state index contributed by atoms with van der Waals surface area (Å²) in [5.41, 5.74) is 1.15. The van der Waals surface area contributed by atoms with E-state index in [4.69, 9.17) is 32.5 Å². The van der Waals surface area contributed by atoms with Gasteiger partial charge in [0.05, 0.1) is 22.2 Å². The van der Waals surface area contributed by atoms with Crippen molar-refractivity contribution >= 4 is 40.8 Å². The van der Waals surface area contributed by atoms with Crippen molar-refractivity contribution in [2.24, 2.45) is 0 Å². The van der Waals surface area contributed by atoms with Crippen LogP contribution in [-0.2, 0) is 20.7 Å². The zero-order valence-electron chi connectivity index (χ0n) is 15.4. The highest BCUT2D eigenvalue weighted by Crippen LogP contribution is 2.29. The molecule has 0 saturated heterocycles. The fourth-order valence-corrected chi connectivity index (χ4v) is 2.76. The summed E-state index contributed by atoms with van der Waals surface area (Å²) in [6.45, 7) is 1.46. The summed E-state index contributed by atoms with van der Waals surface area (Å²) in [4.78, 5) is 28.5. The molecule has 0 radical (unpaired) electrons. The zero-order valence-corrected chi connectivity index (χ0v) is 16.9. The van der Waals surface area contributed by atoms with E-state index in [9.17, 15) is 9.59 Å². The molecule has 1 unspecified atom stereocenters. The van der Waals surface area contributed by atoms with Crippen molar-refractivity contribution in [3.63, 3.8) is 0 Å². The van der Waals surface area contributed by atoms with Crippen LogP contribution >= 0.6 is 23.2 Å². The molecule has 1 atom stereocenters. The molecule has 7 nitrogen and oxygen atoms in total. The Morgan fingerprint density at radius 3 is 2.66 bits per heavy atom. The zero-order chi connectivity index (χ0) is 20.8. The maximum Gasteiger partial charge on any atom is 0.307 e. The van der Waals surface area contributed by atoms with Crippen molar-refractivity contribution in [1.82, 2.24) is 10.1 Å². The molecular weight excluding hydrogens is 417 g/mol. The standard InChI is InChI=1S/C20H17Cl2N3O4/c1-12(20(27)23-15-9-5-8-14(21)18(15)22)28-17(26)11-10-16-24-19(25-29-16)13-6-3-2-4-7-13/h2-9,12H,10-11H2,1H3,(H,23,27). The normalized spacial score (nSPS) is 11.7. The number of rotatable bonds is 7. The lowest BCUT2D eigenvalue weighted by Crippen LogP contribution is -2.30. The maximum absolute atomic E-state index is 12.2. The number of nitrogens with one attached hydrogen (secondary N) is 1. The van der Waals surface area contributed by atoms with Gasteiger partial charge >= 0.3 is 5.97 Å². The second-order valence-corrected chi connectivity index (χ2v) is 6.89. The second kappa shape index (κ2) is 9.54. The number of esters is 1. The third-order valence-corrected chi connectivity index (χ3v) is 4.75. The number of aryl methyl sites for hydroxylation is 1. The van der Waals surface area contributed by atoms with Gasteiger partial charge in [0.25, 0.3) is 5.91 Å². The van der Waals surface area contributed by atoms with E-state index in [0.29, 0.717) is 22.4 Å². The van der Waals surface area contributed by atoms with E-state index in [-0.39, 0.29) is 17.9 Å². The molecule has 0 spiro atoms. The molecule has 0 aliphatic rings. The smallest absolute Gasteiger partial charge is 0.307 e. The number of aromatic nitrogens is 2. The first kappa shape index (κ1) is 20.8. The molecular formula is C20H17Cl2N3O4. The minimum absolute atomic E-state index is 0.00797. The summed E-state index contributed by atoms with van der Waals surface area (Å²) in [5, 5.41) is 6.99. The number of carbonyl (C=O) groups excluding carboxylic acids is 2. The number of hydrogen-bond donors (Lipinski definition) is 1. The Bertz CT molecular complexity index is 1010. The van der Waals surface area contributed by atoms with E-state index < -0.39 is 18.0 Å². The van der Waals surface area contributed by atoms with E-state index in [1.54, 1.807) is 18.2 Å². The fourth-order valence-electron chi connectivity index (χ4n) is 2.41. The molecule has 3 rings (SSSR count). The summed E-state index contributed by atoms with van der Waals surface area (Å²) in [6, 6.07) is 14.2. The van der Waals surface area contributed by atoms with Gasteiger partial charge in [0, 0.05) is 12.0 Å². The highest BCUT2D eigenvalue weighted by Gasteiger charge is 2.20. The molecule has 0 aliphatic heterocycles. The lowest BCUT2D eigenvalue weighted by atomic mass is 10.2. The Labute approximate surface area is 177 Å². The molecule has 1 heterocycles. The van der Waals surface area contributed by atoms with Gasteiger partial charge < -0.3 is 14.6 Å². The van der Waals surface area contributed by atoms with Crippen molar-refractivity contribution < 1.29 is 18.8 Å². The van der Waals surface area contributed by atoms with Crippen LogP contribution in [-0.4, -0.2) is 28.1 Å². The lowest BCUT2D eigenvalue weighted by Gasteiger charge is -2.14. The molecule has 0 bridgehead atoms. The summed E-state index contributed by atoms with van der Waals surface area (Å²) >= 11 is 11.9. The molecule has 3 aromatic rings. The van der Waals surface area contributed by atoms with Crippen LogP contribution in [0.25, 0.3) is 11.4 Å². The molecule has 2 aromatic carbocycles. The topological polar surface area (TPSA) is 94.3 Å². The van der Waals surface area contributed by atoms with Gasteiger partial charge in [-0.05, 0) is 19.1 Å². The quantitative estimate of drug-likeness (QED) is 0.549. The Hall–Kier alpha value is -2.90. The Morgan fingerprint density at radius 1 is 1.14 bits per heavy atom. The van der Waals surface area contributed by atoms with E-state index in [1.807, 2.05) is 30.3 Å². The largest absolute Gasteiger partial charge is 0.453 e. The van der Waals surface area contributed by atoms with Crippen molar-refractivity contribution in [1.29, 1.82) is 0 Å². The van der Waals surface area contributed by atoms with E-state index in [2.05, 4.69) is 15.5 Å². The molecule has 0 saturated carbocycles. The molecule has 150 valence electrons. The van der Waals surface area contributed by atoms with Crippen molar-refractivity contribution in [2.75, 3.05) is 5.32 Å². The van der Waals surface area contributed by atoms with E-state index in [1.165, 1.54) is 6.92 Å². The minimum atomic E-state index is -1.01. The average Bonchev–Trinajstić information content (AvgIpc) is 3.19. The van der Waals surface area contributed by atoms with Gasteiger partial charge in [-0.3, -0.25) is 9.59 Å². The number of amides is 1. The van der Waals surface area contributed by atoms with Crippen LogP contribution in [0.1, 0.15) is 19.2 Å². The first-order valence-electron chi connectivity index (χ1n) is 8.76. The molecule has 1 amide bonds. The van der Waals surface area contributed by atoms with E-state index >= 15 is 0 Å². The van der Waals surface area contributed by atoms with Crippen molar-refractivity contribution in [2.45, 2.75) is 25.9 Å². The number of ether oxygens (including phenoxy) is 1. The second-order valence-electron chi connectivity index (χ2n) is 6.10. The lowest BCUT2D eigenvalue weighted by molar-refractivity contribution is -0.153. The number of halogens is 2. The van der Waals surface area contributed by atoms with Gasteiger partial charge in [0.1, 0.15) is 0 Å². The van der Waals surface area contributed by atoms with Crippen LogP contribution in [0.2, 0.25) is 10.0 Å². The summed E-state index contributed by atoms with van der Waals surface area (Å²) in [5.74, 6) is -0.334. The van der Waals surface area contributed by atoms with Crippen LogP contribution in [0.15, 0.2) is 53.1 Å². The highest BCUT2D eigenvalue weighted by molar-refractivity contribution is 6.44. The summed E-state index contributed by atoms with van der Waals surface area (Å²) in [6.07, 6.45) is -0.820. The monoisotopic (exact) mass is 433 g/mol.